The summed E-state index contributed by atoms with van der Waals surface area (Å²) in [7, 11) is 1.90. The number of likely N-dealkylation sites (N-methyl/N-ethyl adjacent to an activating group) is 1. The van der Waals surface area contributed by atoms with Crippen LogP contribution in [0.25, 0.3) is 0 Å². The fraction of sp³-hybridized carbons (Fsp3) is 0.136. The van der Waals surface area contributed by atoms with E-state index >= 15 is 0 Å². The van der Waals surface area contributed by atoms with Crippen molar-refractivity contribution in [1.29, 1.82) is 0 Å². The van der Waals surface area contributed by atoms with Crippen molar-refractivity contribution in [3.8, 4) is 0 Å². The number of hydrogen-bond donors (Lipinski definition) is 2. The summed E-state index contributed by atoms with van der Waals surface area (Å²) in [5, 5.41) is 6.64. The molecule has 2 N–H and O–H groups in total. The number of nitrogens with one attached hydrogen (secondary N) is 2. The summed E-state index contributed by atoms with van der Waals surface area (Å²) in [6.07, 6.45) is 3.21. The van der Waals surface area contributed by atoms with Crippen LogP contribution in [0, 0.1) is 0 Å². The van der Waals surface area contributed by atoms with E-state index in [1.165, 1.54) is 6.20 Å². The van der Waals surface area contributed by atoms with Crippen LogP contribution >= 0.6 is 22.6 Å². The van der Waals surface area contributed by atoms with E-state index in [4.69, 9.17) is 0 Å². The third-order valence-electron chi connectivity index (χ3n) is 4.80. The maximum atomic E-state index is 13.0. The summed E-state index contributed by atoms with van der Waals surface area (Å²) in [5.74, 6) is -0.110. The first-order valence-corrected chi connectivity index (χ1v) is 10.5. The van der Waals surface area contributed by atoms with Crippen LogP contribution in [0.2, 0.25) is 0 Å². The van der Waals surface area contributed by atoms with Crippen LogP contribution in [-0.4, -0.2) is 34.5 Å². The van der Waals surface area contributed by atoms with E-state index in [-0.39, 0.29) is 11.6 Å². The molecule has 8 heteroatoms. The van der Waals surface area contributed by atoms with E-state index in [1.54, 1.807) is 5.01 Å². The van der Waals surface area contributed by atoms with Crippen molar-refractivity contribution in [3.05, 3.63) is 104 Å². The van der Waals surface area contributed by atoms with Crippen molar-refractivity contribution < 1.29 is 4.79 Å². The maximum Gasteiger partial charge on any atom is 0.265 e. The lowest BCUT2D eigenvalue weighted by atomic mass is 9.98. The molecule has 0 saturated carbocycles. The van der Waals surface area contributed by atoms with Crippen LogP contribution in [0.4, 0.5) is 5.95 Å². The van der Waals surface area contributed by atoms with Crippen LogP contribution in [0.3, 0.4) is 0 Å². The first kappa shape index (κ1) is 20.3. The van der Waals surface area contributed by atoms with Crippen molar-refractivity contribution in [1.82, 2.24) is 20.3 Å². The molecule has 4 rings (SSSR count). The molecule has 0 aliphatic carbocycles. The predicted molar refractivity (Wildman–Crippen MR) is 124 cm³/mol. The van der Waals surface area contributed by atoms with Gasteiger partial charge in [0.25, 0.3) is 11.5 Å². The van der Waals surface area contributed by atoms with E-state index in [0.29, 0.717) is 5.95 Å². The zero-order valence-electron chi connectivity index (χ0n) is 16.2. The first-order valence-electron chi connectivity index (χ1n) is 9.39. The van der Waals surface area contributed by atoms with Gasteiger partial charge in [0.1, 0.15) is 5.56 Å². The Balaban J connectivity index is 1.61. The van der Waals surface area contributed by atoms with Gasteiger partial charge in [0.15, 0.2) is 0 Å². The number of carbonyl (C=O) groups is 1. The Bertz CT molecular complexity index is 1090. The van der Waals surface area contributed by atoms with Gasteiger partial charge in [0.05, 0.1) is 12.6 Å². The first-order chi connectivity index (χ1) is 14.5. The summed E-state index contributed by atoms with van der Waals surface area (Å²) < 4.78 is 1.12. The van der Waals surface area contributed by atoms with Gasteiger partial charge in [-0.2, -0.15) is 0 Å². The monoisotopic (exact) mass is 513 g/mol. The molecular weight excluding hydrogens is 493 g/mol. The van der Waals surface area contributed by atoms with Gasteiger partial charge in [-0.05, 0) is 33.7 Å². The highest BCUT2D eigenvalue weighted by molar-refractivity contribution is 14.1. The third kappa shape index (κ3) is 4.29. The summed E-state index contributed by atoms with van der Waals surface area (Å²) in [6, 6.07) is 18.9. The van der Waals surface area contributed by atoms with Gasteiger partial charge in [-0.1, -0.05) is 60.7 Å². The van der Waals surface area contributed by atoms with Crippen LogP contribution in [0.15, 0.2) is 81.4 Å². The fourth-order valence-electron chi connectivity index (χ4n) is 3.31. The molecule has 0 radical (unpaired) electrons. The molecule has 7 nitrogen and oxygen atoms in total. The average Bonchev–Trinajstić information content (AvgIpc) is 3.11. The molecule has 0 bridgehead atoms. The molecule has 1 aliphatic heterocycles. The number of aromatic amines is 1. The highest BCUT2D eigenvalue weighted by Gasteiger charge is 2.23. The van der Waals surface area contributed by atoms with E-state index in [0.717, 1.165) is 21.3 Å². The lowest BCUT2D eigenvalue weighted by molar-refractivity contribution is 0.0941. The summed E-state index contributed by atoms with van der Waals surface area (Å²) in [4.78, 5) is 32.6. The van der Waals surface area contributed by atoms with Crippen LogP contribution in [-0.2, 0) is 0 Å². The minimum Gasteiger partial charge on any atom is -0.341 e. The van der Waals surface area contributed by atoms with Crippen LogP contribution in [0.5, 0.6) is 0 Å². The highest BCUT2D eigenvalue weighted by atomic mass is 127. The number of H-pyrrole nitrogens is 1. The summed E-state index contributed by atoms with van der Waals surface area (Å²) >= 11 is 2.23. The normalized spacial score (nSPS) is 14.1. The lowest BCUT2D eigenvalue weighted by Gasteiger charge is -2.23. The number of hydrazine groups is 1. The lowest BCUT2D eigenvalue weighted by Crippen LogP contribution is -2.36. The Morgan fingerprint density at radius 1 is 1.10 bits per heavy atom. The zero-order chi connectivity index (χ0) is 21.1. The predicted octanol–water partition coefficient (Wildman–Crippen LogP) is 3.23. The third-order valence-corrected chi connectivity index (χ3v) is 5.42. The number of anilines is 1. The molecule has 1 aromatic heterocycles. The number of aromatic nitrogens is 2. The van der Waals surface area contributed by atoms with E-state index in [9.17, 15) is 9.59 Å². The Kier molecular flexibility index (Phi) is 5.96. The number of carbonyl (C=O) groups excluding carboxylic acids is 1. The highest BCUT2D eigenvalue weighted by Crippen LogP contribution is 2.23. The van der Waals surface area contributed by atoms with Crippen molar-refractivity contribution in [3.63, 3.8) is 0 Å². The van der Waals surface area contributed by atoms with E-state index in [1.807, 2.05) is 78.9 Å². The second kappa shape index (κ2) is 8.80. The quantitative estimate of drug-likeness (QED) is 0.513. The molecule has 1 aliphatic rings. The number of rotatable bonds is 5. The maximum absolute atomic E-state index is 13.0. The number of halogens is 1. The molecule has 2 aromatic carbocycles. The topological polar surface area (TPSA) is 81.3 Å². The number of benzene rings is 2. The van der Waals surface area contributed by atoms with Crippen molar-refractivity contribution >= 4 is 34.4 Å². The Morgan fingerprint density at radius 3 is 2.20 bits per heavy atom. The van der Waals surface area contributed by atoms with E-state index < -0.39 is 11.5 Å². The molecule has 1 amide bonds. The van der Waals surface area contributed by atoms with Gasteiger partial charge in [-0.3, -0.25) is 14.6 Å². The van der Waals surface area contributed by atoms with Crippen molar-refractivity contribution in [2.75, 3.05) is 18.6 Å². The Labute approximate surface area is 187 Å². The van der Waals surface area contributed by atoms with Crippen LogP contribution < -0.4 is 15.9 Å². The van der Waals surface area contributed by atoms with Gasteiger partial charge in [-0.15, -0.1) is 0 Å². The number of hydrogen-bond acceptors (Lipinski definition) is 5. The van der Waals surface area contributed by atoms with Gasteiger partial charge < -0.3 is 5.32 Å². The second-order valence-corrected chi connectivity index (χ2v) is 8.30. The van der Waals surface area contributed by atoms with Crippen molar-refractivity contribution in [2.45, 2.75) is 6.04 Å². The van der Waals surface area contributed by atoms with Gasteiger partial charge in [-0.25, -0.2) is 15.0 Å². The zero-order valence-corrected chi connectivity index (χ0v) is 18.4. The summed E-state index contributed by atoms with van der Waals surface area (Å²) in [5.41, 5.74) is 1.34. The largest absolute Gasteiger partial charge is 0.341 e. The SMILES string of the molecule is CN1CC(I)=CN1c1ncc(C(=O)NC(c2ccccc2)c2ccccc2)c(=O)[nH]1. The molecule has 0 saturated heterocycles. The average molecular weight is 513 g/mol. The van der Waals surface area contributed by atoms with Gasteiger partial charge in [0.2, 0.25) is 5.95 Å². The second-order valence-electron chi connectivity index (χ2n) is 6.91. The van der Waals surface area contributed by atoms with Gasteiger partial charge >= 0.3 is 0 Å². The minimum atomic E-state index is -0.485. The van der Waals surface area contributed by atoms with Crippen molar-refractivity contribution in [2.24, 2.45) is 0 Å². The summed E-state index contributed by atoms with van der Waals surface area (Å²) in [6.45, 7) is 0.738. The standard InChI is InChI=1S/C22H20IN5O2/c1-27-13-17(23)14-28(27)22-24-12-18(21(30)26-22)20(29)25-19(15-8-4-2-5-9-15)16-10-6-3-7-11-16/h2-12,14,19H,13H2,1H3,(H,25,29)(H,24,26,30). The molecule has 2 heterocycles. The molecule has 152 valence electrons. The Morgan fingerprint density at radius 2 is 1.70 bits per heavy atom. The Hall–Kier alpha value is -2.98. The fourth-order valence-corrected chi connectivity index (χ4v) is 4.07. The molecule has 0 spiro atoms. The number of amides is 1. The van der Waals surface area contributed by atoms with E-state index in [2.05, 4.69) is 37.9 Å². The van der Waals surface area contributed by atoms with Crippen LogP contribution in [0.1, 0.15) is 27.5 Å². The molecule has 0 atom stereocenters. The smallest absolute Gasteiger partial charge is 0.265 e. The molecule has 0 fully saturated rings. The molecule has 3 aromatic rings. The minimum absolute atomic E-state index is 0.0314. The number of nitrogens with zero attached hydrogens (tertiary/aromatic N) is 3. The molecule has 0 unspecified atom stereocenters. The molecular formula is C22H20IN5O2. The van der Waals surface area contributed by atoms with Gasteiger partial charge in [0, 0.05) is 23.0 Å². The molecule has 30 heavy (non-hydrogen) atoms.